The molecule has 1 aromatic carbocycles. The fourth-order valence-electron chi connectivity index (χ4n) is 3.64. The van der Waals surface area contributed by atoms with Gasteiger partial charge in [-0.1, -0.05) is 26.3 Å². The lowest BCUT2D eigenvalue weighted by Crippen LogP contribution is -2.44. The first-order valence-electron chi connectivity index (χ1n) is 11.9. The van der Waals surface area contributed by atoms with Crippen LogP contribution in [0.25, 0.3) is 0 Å². The van der Waals surface area contributed by atoms with E-state index in [9.17, 15) is 14.6 Å². The van der Waals surface area contributed by atoms with Gasteiger partial charge in [-0.15, -0.1) is 0 Å². The van der Waals surface area contributed by atoms with E-state index in [2.05, 4.69) is 39.3 Å². The van der Waals surface area contributed by atoms with Crippen LogP contribution in [0.4, 0.5) is 5.82 Å². The second kappa shape index (κ2) is 15.2. The average Bonchev–Trinajstić information content (AvgIpc) is 3.26. The maximum Gasteiger partial charge on any atom is 0.492 e. The van der Waals surface area contributed by atoms with Crippen LogP contribution in [-0.4, -0.2) is 74.1 Å². The quantitative estimate of drug-likeness (QED) is 0.398. The van der Waals surface area contributed by atoms with E-state index >= 15 is 0 Å². The molecule has 190 valence electrons. The lowest BCUT2D eigenvalue weighted by molar-refractivity contribution is -0.107. The molecule has 3 N–H and O–H groups in total. The van der Waals surface area contributed by atoms with E-state index in [0.29, 0.717) is 36.1 Å². The van der Waals surface area contributed by atoms with Gasteiger partial charge < -0.3 is 34.7 Å². The van der Waals surface area contributed by atoms with E-state index in [1.54, 1.807) is 32.4 Å². The molecule has 10 nitrogen and oxygen atoms in total. The Morgan fingerprint density at radius 3 is 2.69 bits per heavy atom. The smallest absolute Gasteiger partial charge is 0.423 e. The summed E-state index contributed by atoms with van der Waals surface area (Å²) in [6.45, 7) is 10.9. The average molecular weight is 485 g/mol. The maximum atomic E-state index is 11.7. The van der Waals surface area contributed by atoms with E-state index in [0.717, 1.165) is 43.3 Å². The lowest BCUT2D eigenvalue weighted by atomic mass is 9.75. The largest absolute Gasteiger partial charge is 0.492 e. The molecular formula is C24H36BN5O5. The number of fused-ring (bicyclic) bond motifs is 1. The van der Waals surface area contributed by atoms with Gasteiger partial charge in [0.1, 0.15) is 12.1 Å². The number of aldehydes is 1. The van der Waals surface area contributed by atoms with Gasteiger partial charge in [0, 0.05) is 38.9 Å². The van der Waals surface area contributed by atoms with Crippen LogP contribution < -0.4 is 21.0 Å². The number of amides is 1. The Labute approximate surface area is 207 Å². The van der Waals surface area contributed by atoms with Gasteiger partial charge in [0.05, 0.1) is 37.8 Å². The molecule has 0 atom stereocenters. The summed E-state index contributed by atoms with van der Waals surface area (Å²) in [6, 6.07) is 3.43. The molecule has 0 unspecified atom stereocenters. The lowest BCUT2D eigenvalue weighted by Gasteiger charge is -2.28. The Bertz CT molecular complexity index is 956. The van der Waals surface area contributed by atoms with Crippen molar-refractivity contribution >= 4 is 30.6 Å². The van der Waals surface area contributed by atoms with Crippen molar-refractivity contribution in [3.05, 3.63) is 46.9 Å². The number of methoxy groups -OCH3 is 1. The van der Waals surface area contributed by atoms with Gasteiger partial charge in [0.15, 0.2) is 0 Å². The Kier molecular flexibility index (Phi) is 12.3. The summed E-state index contributed by atoms with van der Waals surface area (Å²) in [5.74, 6) is 0.627. The Hall–Kier alpha value is -2.86. The molecule has 1 amide bonds. The number of rotatable bonds is 6. The normalized spacial score (nSPS) is 14.2. The Morgan fingerprint density at radius 2 is 2.03 bits per heavy atom. The number of carbonyl (C=O) groups is 2. The minimum absolute atomic E-state index is 0.0194. The molecule has 0 spiro atoms. The van der Waals surface area contributed by atoms with E-state index in [4.69, 9.17) is 9.39 Å². The number of piperazine rings is 1. The highest BCUT2D eigenvalue weighted by molar-refractivity contribution is 6.62. The second-order valence-electron chi connectivity index (χ2n) is 8.10. The molecule has 4 rings (SSSR count). The summed E-state index contributed by atoms with van der Waals surface area (Å²) in [4.78, 5) is 32.8. The maximum absolute atomic E-state index is 11.7. The number of anilines is 1. The van der Waals surface area contributed by atoms with Crippen molar-refractivity contribution in [3.63, 3.8) is 0 Å². The van der Waals surface area contributed by atoms with Gasteiger partial charge >= 0.3 is 7.12 Å². The SMILES string of the molecule is CCC.COCc1cncc(N2CCNCC2)n1.Cc1c(C(=O)NCC=O)ccc2c1B(O)OC2. The molecule has 2 aromatic rings. The number of carbonyl (C=O) groups excluding carboxylic acids is 2. The van der Waals surface area contributed by atoms with Gasteiger partial charge in [-0.05, 0) is 29.6 Å². The first-order chi connectivity index (χ1) is 17.0. The first kappa shape index (κ1) is 28.4. The van der Waals surface area contributed by atoms with E-state index < -0.39 is 7.12 Å². The van der Waals surface area contributed by atoms with E-state index in [-0.39, 0.29) is 12.5 Å². The van der Waals surface area contributed by atoms with Crippen LogP contribution in [0.5, 0.6) is 0 Å². The number of nitrogens with one attached hydrogen (secondary N) is 2. The van der Waals surface area contributed by atoms with Crippen LogP contribution >= 0.6 is 0 Å². The van der Waals surface area contributed by atoms with Crippen molar-refractivity contribution in [2.45, 2.75) is 40.4 Å². The summed E-state index contributed by atoms with van der Waals surface area (Å²) in [5, 5.41) is 15.4. The zero-order valence-corrected chi connectivity index (χ0v) is 21.0. The molecule has 1 saturated heterocycles. The van der Waals surface area contributed by atoms with Gasteiger partial charge in [-0.3, -0.25) is 9.78 Å². The van der Waals surface area contributed by atoms with Crippen molar-refractivity contribution in [2.24, 2.45) is 0 Å². The molecule has 2 aliphatic heterocycles. The van der Waals surface area contributed by atoms with Crippen molar-refractivity contribution < 1.29 is 24.0 Å². The van der Waals surface area contributed by atoms with Gasteiger partial charge in [0.25, 0.3) is 5.91 Å². The predicted octanol–water partition coefficient (Wildman–Crippen LogP) is 0.590. The van der Waals surface area contributed by atoms with E-state index in [1.807, 2.05) is 6.20 Å². The monoisotopic (exact) mass is 485 g/mol. The summed E-state index contributed by atoms with van der Waals surface area (Å²) >= 11 is 0. The number of ether oxygens (including phenoxy) is 1. The molecule has 0 saturated carbocycles. The summed E-state index contributed by atoms with van der Waals surface area (Å²) in [6.07, 6.45) is 5.43. The molecular weight excluding hydrogens is 449 g/mol. The van der Waals surface area contributed by atoms with Gasteiger partial charge in [-0.2, -0.15) is 0 Å². The van der Waals surface area contributed by atoms with Gasteiger partial charge in [-0.25, -0.2) is 4.98 Å². The summed E-state index contributed by atoms with van der Waals surface area (Å²) in [5.41, 5.74) is 3.57. The molecule has 1 fully saturated rings. The molecule has 0 aliphatic carbocycles. The third-order valence-corrected chi connectivity index (χ3v) is 5.24. The molecule has 1 aromatic heterocycles. The zero-order chi connectivity index (χ0) is 25.6. The van der Waals surface area contributed by atoms with Crippen LogP contribution in [-0.2, 0) is 27.4 Å². The van der Waals surface area contributed by atoms with Crippen LogP contribution in [0.2, 0.25) is 0 Å². The standard InChI is InChI=1S/C11H12BNO4.C10H16N4O.C3H8/c1-7-9(11(15)13-4-5-14)3-2-8-6-17-12(16)10(7)8;1-15-8-9-6-12-7-10(13-9)14-4-2-11-3-5-14;1-3-2/h2-3,5,16H,4,6H2,1H3,(H,13,15);6-7,11H,2-5,8H2,1H3;3H2,1-2H3. The molecule has 2 aliphatic rings. The van der Waals surface area contributed by atoms with Crippen molar-refractivity contribution in [3.8, 4) is 0 Å². The Morgan fingerprint density at radius 1 is 1.31 bits per heavy atom. The summed E-state index contributed by atoms with van der Waals surface area (Å²) < 4.78 is 10.1. The minimum atomic E-state index is -0.969. The molecule has 0 bridgehead atoms. The number of aromatic nitrogens is 2. The highest BCUT2D eigenvalue weighted by Gasteiger charge is 2.30. The zero-order valence-electron chi connectivity index (χ0n) is 21.0. The fourth-order valence-corrected chi connectivity index (χ4v) is 3.64. The van der Waals surface area contributed by atoms with Crippen LogP contribution in [0.3, 0.4) is 0 Å². The molecule has 11 heteroatoms. The summed E-state index contributed by atoms with van der Waals surface area (Å²) in [7, 11) is 0.697. The fraction of sp³-hybridized carbons (Fsp3) is 0.500. The van der Waals surface area contributed by atoms with Crippen LogP contribution in [0, 0.1) is 6.92 Å². The second-order valence-corrected chi connectivity index (χ2v) is 8.10. The topological polar surface area (TPSA) is 126 Å². The number of nitrogens with zero attached hydrogens (tertiary/aromatic N) is 3. The van der Waals surface area contributed by atoms with Crippen molar-refractivity contribution in [1.82, 2.24) is 20.6 Å². The molecule has 35 heavy (non-hydrogen) atoms. The third-order valence-electron chi connectivity index (χ3n) is 5.24. The van der Waals surface area contributed by atoms with Gasteiger partial charge in [0.2, 0.25) is 0 Å². The minimum Gasteiger partial charge on any atom is -0.423 e. The van der Waals surface area contributed by atoms with Crippen molar-refractivity contribution in [1.29, 1.82) is 0 Å². The van der Waals surface area contributed by atoms with Crippen LogP contribution in [0.1, 0.15) is 47.4 Å². The highest BCUT2D eigenvalue weighted by Crippen LogP contribution is 2.16. The number of benzene rings is 1. The van der Waals surface area contributed by atoms with E-state index in [1.165, 1.54) is 6.42 Å². The highest BCUT2D eigenvalue weighted by atomic mass is 16.5. The first-order valence-corrected chi connectivity index (χ1v) is 11.9. The van der Waals surface area contributed by atoms with Crippen molar-refractivity contribution in [2.75, 3.05) is 44.7 Å². The predicted molar refractivity (Wildman–Crippen MR) is 136 cm³/mol. The number of hydrogen-bond donors (Lipinski definition) is 3. The molecule has 0 radical (unpaired) electrons. The Balaban J connectivity index is 0.000000223. The molecule has 3 heterocycles. The number of hydrogen-bond acceptors (Lipinski definition) is 9. The van der Waals surface area contributed by atoms with Crippen LogP contribution in [0.15, 0.2) is 24.5 Å². The third kappa shape index (κ3) is 8.39.